The molecule has 0 spiro atoms. The first-order valence-electron chi connectivity index (χ1n) is 8.11. The van der Waals surface area contributed by atoms with Crippen molar-refractivity contribution in [3.05, 3.63) is 18.1 Å². The first kappa shape index (κ1) is 24.1. The number of alkyl halides is 3. The molecule has 0 saturated heterocycles. The van der Waals surface area contributed by atoms with Crippen LogP contribution >= 0.6 is 0 Å². The Hall–Kier alpha value is -2.90. The molecule has 27 heavy (non-hydrogen) atoms. The van der Waals surface area contributed by atoms with Crippen LogP contribution in [0.5, 0.6) is 0 Å². The van der Waals surface area contributed by atoms with Gasteiger partial charge in [0, 0.05) is 25.2 Å². The van der Waals surface area contributed by atoms with Crippen LogP contribution in [0.1, 0.15) is 45.9 Å². The minimum absolute atomic E-state index is 0.0374. The summed E-state index contributed by atoms with van der Waals surface area (Å²) >= 11 is 0. The van der Waals surface area contributed by atoms with E-state index in [2.05, 4.69) is 29.2 Å². The minimum Gasteiger partial charge on any atom is -0.475 e. The number of rotatable bonds is 7. The van der Waals surface area contributed by atoms with Crippen molar-refractivity contribution < 1.29 is 27.9 Å². The SMILES string of the molecule is CCCCC(=O)NN(CC(C)C)c1ccnc(C#N)n1.O=C(O)C(F)(F)F. The van der Waals surface area contributed by atoms with Crippen LogP contribution in [0.15, 0.2) is 12.3 Å². The summed E-state index contributed by atoms with van der Waals surface area (Å²) in [5.74, 6) is -1.81. The van der Waals surface area contributed by atoms with E-state index in [1.54, 1.807) is 11.1 Å². The molecule has 150 valence electrons. The Kier molecular flexibility index (Phi) is 10.4. The molecule has 11 heteroatoms. The molecule has 0 saturated carbocycles. The van der Waals surface area contributed by atoms with E-state index in [4.69, 9.17) is 15.2 Å². The molecule has 0 bridgehead atoms. The largest absolute Gasteiger partial charge is 0.490 e. The third-order valence-corrected chi connectivity index (χ3v) is 2.82. The van der Waals surface area contributed by atoms with Crippen molar-refractivity contribution in [3.63, 3.8) is 0 Å². The first-order valence-corrected chi connectivity index (χ1v) is 8.11. The molecule has 0 aliphatic heterocycles. The summed E-state index contributed by atoms with van der Waals surface area (Å²) in [6.07, 6.45) is -1.24. The summed E-state index contributed by atoms with van der Waals surface area (Å²) < 4.78 is 31.7. The van der Waals surface area contributed by atoms with Crippen LogP contribution in [0.3, 0.4) is 0 Å². The van der Waals surface area contributed by atoms with Gasteiger partial charge >= 0.3 is 12.1 Å². The number of hydrogen-bond donors (Lipinski definition) is 2. The van der Waals surface area contributed by atoms with Gasteiger partial charge in [-0.15, -0.1) is 0 Å². The highest BCUT2D eigenvalue weighted by atomic mass is 19.4. The minimum atomic E-state index is -5.08. The maximum absolute atomic E-state index is 11.9. The Labute approximate surface area is 155 Å². The fourth-order valence-electron chi connectivity index (χ4n) is 1.66. The molecule has 0 aliphatic carbocycles. The zero-order valence-electron chi connectivity index (χ0n) is 15.2. The molecule has 0 atom stereocenters. The Morgan fingerprint density at radius 3 is 2.44 bits per heavy atom. The summed E-state index contributed by atoms with van der Waals surface area (Å²) in [6, 6.07) is 3.59. The number of hydrogen-bond acceptors (Lipinski definition) is 6. The van der Waals surface area contributed by atoms with Crippen molar-refractivity contribution in [1.29, 1.82) is 5.26 Å². The van der Waals surface area contributed by atoms with Gasteiger partial charge in [0.2, 0.25) is 11.7 Å². The summed E-state index contributed by atoms with van der Waals surface area (Å²) in [5, 5.41) is 17.7. The van der Waals surface area contributed by atoms with E-state index >= 15 is 0 Å². The number of amides is 1. The maximum atomic E-state index is 11.9. The molecule has 0 radical (unpaired) electrons. The van der Waals surface area contributed by atoms with Crippen LogP contribution in [0.2, 0.25) is 0 Å². The number of nitrogens with zero attached hydrogens (tertiary/aromatic N) is 4. The number of nitriles is 1. The van der Waals surface area contributed by atoms with E-state index in [1.807, 2.05) is 13.0 Å². The highest BCUT2D eigenvalue weighted by Gasteiger charge is 2.38. The molecular weight excluding hydrogens is 367 g/mol. The smallest absolute Gasteiger partial charge is 0.475 e. The third kappa shape index (κ3) is 10.6. The van der Waals surface area contributed by atoms with Crippen LogP contribution in [-0.4, -0.2) is 39.7 Å². The van der Waals surface area contributed by atoms with Gasteiger partial charge in [0.15, 0.2) is 5.82 Å². The van der Waals surface area contributed by atoms with Crippen LogP contribution < -0.4 is 10.4 Å². The molecule has 1 heterocycles. The molecule has 0 aliphatic rings. The monoisotopic (exact) mass is 389 g/mol. The topological polar surface area (TPSA) is 119 Å². The Morgan fingerprint density at radius 2 is 2.00 bits per heavy atom. The number of unbranched alkanes of at least 4 members (excludes halogenated alkanes) is 1. The molecule has 1 amide bonds. The number of hydrazine groups is 1. The average Bonchev–Trinajstić information content (AvgIpc) is 2.58. The zero-order valence-corrected chi connectivity index (χ0v) is 15.2. The molecular formula is C16H22F3N5O3. The van der Waals surface area contributed by atoms with Gasteiger partial charge in [-0.25, -0.2) is 9.78 Å². The first-order chi connectivity index (χ1) is 12.5. The van der Waals surface area contributed by atoms with Crippen molar-refractivity contribution in [2.75, 3.05) is 11.6 Å². The lowest BCUT2D eigenvalue weighted by Gasteiger charge is -2.25. The van der Waals surface area contributed by atoms with Crippen molar-refractivity contribution in [3.8, 4) is 6.07 Å². The number of carbonyl (C=O) groups is 2. The second-order valence-corrected chi connectivity index (χ2v) is 5.80. The van der Waals surface area contributed by atoms with Crippen molar-refractivity contribution >= 4 is 17.7 Å². The summed E-state index contributed by atoms with van der Waals surface area (Å²) in [4.78, 5) is 28.7. The van der Waals surface area contributed by atoms with Crippen LogP contribution in [0.25, 0.3) is 0 Å². The molecule has 1 rings (SSSR count). The van der Waals surface area contributed by atoms with Crippen LogP contribution in [0.4, 0.5) is 19.0 Å². The Bertz CT molecular complexity index is 659. The highest BCUT2D eigenvalue weighted by molar-refractivity contribution is 5.77. The summed E-state index contributed by atoms with van der Waals surface area (Å²) in [6.45, 7) is 6.78. The van der Waals surface area contributed by atoms with E-state index < -0.39 is 12.1 Å². The van der Waals surface area contributed by atoms with Crippen LogP contribution in [0, 0.1) is 17.2 Å². The second-order valence-electron chi connectivity index (χ2n) is 5.80. The van der Waals surface area contributed by atoms with Gasteiger partial charge < -0.3 is 5.11 Å². The van der Waals surface area contributed by atoms with E-state index in [0.29, 0.717) is 24.7 Å². The van der Waals surface area contributed by atoms with Gasteiger partial charge in [-0.05, 0) is 12.3 Å². The number of anilines is 1. The molecule has 8 nitrogen and oxygen atoms in total. The van der Waals surface area contributed by atoms with Crippen molar-refractivity contribution in [2.45, 2.75) is 46.2 Å². The van der Waals surface area contributed by atoms with Gasteiger partial charge in [-0.1, -0.05) is 27.2 Å². The Morgan fingerprint density at radius 1 is 1.41 bits per heavy atom. The average molecular weight is 389 g/mol. The lowest BCUT2D eigenvalue weighted by Crippen LogP contribution is -2.45. The fourth-order valence-corrected chi connectivity index (χ4v) is 1.66. The van der Waals surface area contributed by atoms with E-state index in [-0.39, 0.29) is 11.7 Å². The molecule has 1 aromatic heterocycles. The molecule has 0 unspecified atom stereocenters. The van der Waals surface area contributed by atoms with Crippen LogP contribution in [-0.2, 0) is 9.59 Å². The number of aromatic nitrogens is 2. The molecule has 0 aromatic carbocycles. The van der Waals surface area contributed by atoms with Gasteiger partial charge in [0.25, 0.3) is 0 Å². The number of carboxylic acids is 1. The molecule has 2 N–H and O–H groups in total. The van der Waals surface area contributed by atoms with Gasteiger partial charge in [-0.2, -0.15) is 23.4 Å². The third-order valence-electron chi connectivity index (χ3n) is 2.82. The van der Waals surface area contributed by atoms with Crippen molar-refractivity contribution in [1.82, 2.24) is 15.4 Å². The maximum Gasteiger partial charge on any atom is 0.490 e. The van der Waals surface area contributed by atoms with E-state index in [9.17, 15) is 18.0 Å². The predicted molar refractivity (Wildman–Crippen MR) is 90.3 cm³/mol. The molecule has 0 fully saturated rings. The number of aliphatic carboxylic acids is 1. The summed E-state index contributed by atoms with van der Waals surface area (Å²) in [7, 11) is 0. The second kappa shape index (κ2) is 11.7. The number of nitrogens with one attached hydrogen (secondary N) is 1. The Balaban J connectivity index is 0.000000821. The highest BCUT2D eigenvalue weighted by Crippen LogP contribution is 2.13. The number of halogens is 3. The standard InChI is InChI=1S/C14H21N5O.C2HF3O2/c1-4-5-6-14(20)18-19(10-11(2)3)13-7-8-16-12(9-15)17-13;3-2(4,5)1(6)7/h7-8,11H,4-6,10H2,1-3H3,(H,18,20);(H,6,7). The van der Waals surface area contributed by atoms with E-state index in [1.165, 1.54) is 6.20 Å². The lowest BCUT2D eigenvalue weighted by molar-refractivity contribution is -0.192. The quantitative estimate of drug-likeness (QED) is 0.688. The molecule has 1 aromatic rings. The predicted octanol–water partition coefficient (Wildman–Crippen LogP) is 2.67. The zero-order chi connectivity index (χ0) is 21.0. The van der Waals surface area contributed by atoms with Gasteiger partial charge in [0.05, 0.1) is 0 Å². The normalized spacial score (nSPS) is 10.4. The number of carboxylic acid groups (broad SMARTS) is 1. The number of carbonyl (C=O) groups excluding carboxylic acids is 1. The van der Waals surface area contributed by atoms with E-state index in [0.717, 1.165) is 12.8 Å². The summed E-state index contributed by atoms with van der Waals surface area (Å²) in [5.41, 5.74) is 2.85. The van der Waals surface area contributed by atoms with Crippen molar-refractivity contribution in [2.24, 2.45) is 5.92 Å². The van der Waals surface area contributed by atoms with Gasteiger partial charge in [0.1, 0.15) is 6.07 Å². The lowest BCUT2D eigenvalue weighted by atomic mass is 10.2. The fraction of sp³-hybridized carbons (Fsp3) is 0.562. The van der Waals surface area contributed by atoms with Gasteiger partial charge in [-0.3, -0.25) is 15.2 Å².